The number of piperidine rings is 1. The van der Waals surface area contributed by atoms with Crippen LogP contribution >= 0.6 is 0 Å². The Hall–Kier alpha value is -1.55. The van der Waals surface area contributed by atoms with Crippen LogP contribution in [-0.2, 0) is 18.0 Å². The second-order valence-corrected chi connectivity index (χ2v) is 4.95. The molecule has 2 amide bonds. The summed E-state index contributed by atoms with van der Waals surface area (Å²) in [5, 5.41) is 2.97. The number of hydrogen-bond donors (Lipinski definition) is 1. The van der Waals surface area contributed by atoms with Gasteiger partial charge in [0.1, 0.15) is 0 Å². The predicted molar refractivity (Wildman–Crippen MR) is 69.4 cm³/mol. The van der Waals surface area contributed by atoms with E-state index in [9.17, 15) is 4.79 Å². The molecule has 2 aliphatic heterocycles. The fraction of sp³-hybridized carbons (Fsp3) is 0.500. The third-order valence-electron chi connectivity index (χ3n) is 3.62. The zero-order valence-corrected chi connectivity index (χ0v) is 10.4. The molecule has 0 radical (unpaired) electrons. The van der Waals surface area contributed by atoms with Crippen LogP contribution in [0.3, 0.4) is 0 Å². The summed E-state index contributed by atoms with van der Waals surface area (Å²) < 4.78 is 5.37. The van der Waals surface area contributed by atoms with Crippen LogP contribution in [0.1, 0.15) is 30.4 Å². The molecule has 0 unspecified atom stereocenters. The number of amides is 2. The van der Waals surface area contributed by atoms with Crippen molar-refractivity contribution in [3.8, 4) is 0 Å². The smallest absolute Gasteiger partial charge is 0.321 e. The van der Waals surface area contributed by atoms with Crippen LogP contribution in [0, 0.1) is 0 Å². The first-order valence-electron chi connectivity index (χ1n) is 6.58. The van der Waals surface area contributed by atoms with Gasteiger partial charge in [0.15, 0.2) is 0 Å². The predicted octanol–water partition coefficient (Wildman–Crippen LogP) is 2.73. The first-order chi connectivity index (χ1) is 8.83. The molecule has 1 N–H and O–H groups in total. The van der Waals surface area contributed by atoms with Gasteiger partial charge in [0.05, 0.1) is 13.2 Å². The second kappa shape index (κ2) is 4.98. The van der Waals surface area contributed by atoms with E-state index in [1.54, 1.807) is 0 Å². The van der Waals surface area contributed by atoms with Gasteiger partial charge in [-0.2, -0.15) is 0 Å². The van der Waals surface area contributed by atoms with Crippen LogP contribution in [0.15, 0.2) is 18.2 Å². The van der Waals surface area contributed by atoms with Crippen molar-refractivity contribution < 1.29 is 9.53 Å². The lowest BCUT2D eigenvalue weighted by molar-refractivity contribution is 0.134. The Morgan fingerprint density at radius 2 is 1.89 bits per heavy atom. The van der Waals surface area contributed by atoms with E-state index in [-0.39, 0.29) is 6.03 Å². The number of nitrogens with one attached hydrogen (secondary N) is 1. The Kier molecular flexibility index (Phi) is 3.19. The van der Waals surface area contributed by atoms with Crippen molar-refractivity contribution in [1.82, 2.24) is 4.90 Å². The van der Waals surface area contributed by atoms with E-state index in [1.165, 1.54) is 17.5 Å². The first kappa shape index (κ1) is 11.5. The van der Waals surface area contributed by atoms with Gasteiger partial charge in [0.25, 0.3) is 0 Å². The summed E-state index contributed by atoms with van der Waals surface area (Å²) in [7, 11) is 0. The first-order valence-corrected chi connectivity index (χ1v) is 6.58. The maximum absolute atomic E-state index is 12.1. The van der Waals surface area contributed by atoms with Crippen molar-refractivity contribution in [2.45, 2.75) is 32.5 Å². The summed E-state index contributed by atoms with van der Waals surface area (Å²) in [5.41, 5.74) is 3.28. The molecule has 1 fully saturated rings. The number of urea groups is 1. The van der Waals surface area contributed by atoms with Gasteiger partial charge in [0, 0.05) is 18.8 Å². The van der Waals surface area contributed by atoms with E-state index in [1.807, 2.05) is 23.1 Å². The van der Waals surface area contributed by atoms with Crippen molar-refractivity contribution in [3.63, 3.8) is 0 Å². The summed E-state index contributed by atoms with van der Waals surface area (Å²) in [6.45, 7) is 3.10. The lowest BCUT2D eigenvalue weighted by Gasteiger charge is -2.26. The van der Waals surface area contributed by atoms with Crippen molar-refractivity contribution in [1.29, 1.82) is 0 Å². The summed E-state index contributed by atoms with van der Waals surface area (Å²) in [5.74, 6) is 0. The minimum Gasteiger partial charge on any atom is -0.372 e. The third-order valence-corrected chi connectivity index (χ3v) is 3.62. The van der Waals surface area contributed by atoms with Gasteiger partial charge in [0.2, 0.25) is 0 Å². The average molecular weight is 246 g/mol. The van der Waals surface area contributed by atoms with E-state index < -0.39 is 0 Å². The highest BCUT2D eigenvalue weighted by Gasteiger charge is 2.17. The van der Waals surface area contributed by atoms with Crippen LogP contribution in [0.5, 0.6) is 0 Å². The molecule has 2 aliphatic rings. The molecule has 0 aromatic heterocycles. The van der Waals surface area contributed by atoms with Crippen molar-refractivity contribution in [3.05, 3.63) is 29.3 Å². The van der Waals surface area contributed by atoms with Crippen LogP contribution in [0.4, 0.5) is 10.5 Å². The molecular weight excluding hydrogens is 228 g/mol. The topological polar surface area (TPSA) is 41.6 Å². The molecule has 3 rings (SSSR count). The fourth-order valence-corrected chi connectivity index (χ4v) is 2.55. The quantitative estimate of drug-likeness (QED) is 0.827. The highest BCUT2D eigenvalue weighted by atomic mass is 16.5. The molecule has 4 nitrogen and oxygen atoms in total. The van der Waals surface area contributed by atoms with Crippen molar-refractivity contribution >= 4 is 11.7 Å². The van der Waals surface area contributed by atoms with E-state index in [0.29, 0.717) is 13.2 Å². The lowest BCUT2D eigenvalue weighted by atomic mass is 10.1. The lowest BCUT2D eigenvalue weighted by Crippen LogP contribution is -2.38. The number of carbonyl (C=O) groups is 1. The van der Waals surface area contributed by atoms with E-state index in [2.05, 4.69) is 5.32 Å². The van der Waals surface area contributed by atoms with Crippen LogP contribution < -0.4 is 5.32 Å². The largest absolute Gasteiger partial charge is 0.372 e. The van der Waals surface area contributed by atoms with Crippen LogP contribution in [0.25, 0.3) is 0 Å². The summed E-state index contributed by atoms with van der Waals surface area (Å²) in [4.78, 5) is 13.9. The molecular formula is C14H18N2O2. The zero-order chi connectivity index (χ0) is 12.4. The monoisotopic (exact) mass is 246 g/mol. The average Bonchev–Trinajstić information content (AvgIpc) is 2.87. The molecule has 1 aromatic carbocycles. The standard InChI is InChI=1S/C14H18N2O2/c17-14(16-6-2-1-3-7-16)15-13-5-4-11-9-18-10-12(11)8-13/h4-5,8H,1-3,6-7,9-10H2,(H,15,17). The van der Waals surface area contributed by atoms with Crippen molar-refractivity contribution in [2.75, 3.05) is 18.4 Å². The number of likely N-dealkylation sites (tertiary alicyclic amines) is 1. The van der Waals surface area contributed by atoms with Gasteiger partial charge in [-0.1, -0.05) is 6.07 Å². The number of carbonyl (C=O) groups excluding carboxylic acids is 1. The Balaban J connectivity index is 1.66. The minimum absolute atomic E-state index is 0.0218. The maximum Gasteiger partial charge on any atom is 0.321 e. The normalized spacial score (nSPS) is 18.6. The highest BCUT2D eigenvalue weighted by molar-refractivity contribution is 5.89. The van der Waals surface area contributed by atoms with E-state index in [0.717, 1.165) is 31.6 Å². The Morgan fingerprint density at radius 1 is 1.11 bits per heavy atom. The molecule has 2 heterocycles. The third kappa shape index (κ3) is 2.34. The second-order valence-electron chi connectivity index (χ2n) is 4.95. The van der Waals surface area contributed by atoms with Gasteiger partial charge < -0.3 is 15.0 Å². The minimum atomic E-state index is 0.0218. The van der Waals surface area contributed by atoms with Gasteiger partial charge in [-0.25, -0.2) is 4.79 Å². The molecule has 1 aromatic rings. The number of benzene rings is 1. The summed E-state index contributed by atoms with van der Waals surface area (Å²) >= 11 is 0. The van der Waals surface area contributed by atoms with Gasteiger partial charge >= 0.3 is 6.03 Å². The number of rotatable bonds is 1. The van der Waals surface area contributed by atoms with E-state index >= 15 is 0 Å². The van der Waals surface area contributed by atoms with Gasteiger partial charge in [-0.15, -0.1) is 0 Å². The number of ether oxygens (including phenoxy) is 1. The fourth-order valence-electron chi connectivity index (χ4n) is 2.55. The maximum atomic E-state index is 12.1. The Labute approximate surface area is 107 Å². The molecule has 0 bridgehead atoms. The molecule has 96 valence electrons. The Morgan fingerprint density at radius 3 is 2.72 bits per heavy atom. The molecule has 18 heavy (non-hydrogen) atoms. The number of nitrogens with zero attached hydrogens (tertiary/aromatic N) is 1. The molecule has 0 aliphatic carbocycles. The molecule has 1 saturated heterocycles. The molecule has 0 spiro atoms. The molecule has 4 heteroatoms. The Bertz CT molecular complexity index is 453. The molecule has 0 atom stereocenters. The summed E-state index contributed by atoms with van der Waals surface area (Å²) in [6.07, 6.45) is 3.47. The van der Waals surface area contributed by atoms with Crippen LogP contribution in [0.2, 0.25) is 0 Å². The highest BCUT2D eigenvalue weighted by Crippen LogP contribution is 2.23. The SMILES string of the molecule is O=C(Nc1ccc2c(c1)COC2)N1CCCCC1. The van der Waals surface area contributed by atoms with Crippen LogP contribution in [-0.4, -0.2) is 24.0 Å². The van der Waals surface area contributed by atoms with Gasteiger partial charge in [-0.3, -0.25) is 0 Å². The molecule has 0 saturated carbocycles. The zero-order valence-electron chi connectivity index (χ0n) is 10.4. The number of hydrogen-bond acceptors (Lipinski definition) is 2. The number of fused-ring (bicyclic) bond motifs is 1. The van der Waals surface area contributed by atoms with Gasteiger partial charge in [-0.05, 0) is 42.5 Å². The summed E-state index contributed by atoms with van der Waals surface area (Å²) in [6, 6.07) is 6.03. The van der Waals surface area contributed by atoms with Crippen molar-refractivity contribution in [2.24, 2.45) is 0 Å². The van der Waals surface area contributed by atoms with E-state index in [4.69, 9.17) is 4.74 Å². The number of anilines is 1.